The van der Waals surface area contributed by atoms with E-state index < -0.39 is 7.92 Å². The molecule has 0 amide bonds. The van der Waals surface area contributed by atoms with Crippen LogP contribution in [0.3, 0.4) is 0 Å². The summed E-state index contributed by atoms with van der Waals surface area (Å²) in [6.07, 6.45) is 0. The van der Waals surface area contributed by atoms with Crippen LogP contribution in [0.2, 0.25) is 0 Å². The van der Waals surface area contributed by atoms with Crippen LogP contribution in [0.15, 0.2) is 91.0 Å². The maximum atomic E-state index is 4.81. The van der Waals surface area contributed by atoms with E-state index in [4.69, 9.17) is 19.1 Å². The molecular formula is C18H15Cl4PPd. The van der Waals surface area contributed by atoms with E-state index in [0.717, 1.165) is 0 Å². The van der Waals surface area contributed by atoms with Crippen molar-refractivity contribution in [3.05, 3.63) is 91.0 Å². The van der Waals surface area contributed by atoms with Gasteiger partial charge >= 0.3 is 35.0 Å². The van der Waals surface area contributed by atoms with Crippen molar-refractivity contribution in [2.45, 2.75) is 0 Å². The molecule has 0 saturated carbocycles. The van der Waals surface area contributed by atoms with Crippen LogP contribution in [0.4, 0.5) is 0 Å². The molecule has 0 aliphatic carbocycles. The van der Waals surface area contributed by atoms with E-state index in [1.54, 1.807) is 0 Å². The average molecular weight is 511 g/mol. The van der Waals surface area contributed by atoms with E-state index >= 15 is 0 Å². The van der Waals surface area contributed by atoms with Crippen molar-refractivity contribution in [2.75, 3.05) is 0 Å². The first-order valence-electron chi connectivity index (χ1n) is 6.64. The molecular weight excluding hydrogens is 495 g/mol. The molecule has 0 aliphatic rings. The molecule has 0 N–H and O–H groups in total. The van der Waals surface area contributed by atoms with Gasteiger partial charge in [-0.2, -0.15) is 0 Å². The molecule has 0 heterocycles. The summed E-state index contributed by atoms with van der Waals surface area (Å²) in [5.41, 5.74) is 0. The van der Waals surface area contributed by atoms with Crippen LogP contribution >= 0.6 is 27.0 Å². The third-order valence-corrected chi connectivity index (χ3v) is 5.49. The molecule has 0 nitrogen and oxygen atoms in total. The second-order valence-electron chi connectivity index (χ2n) is 4.39. The largest absolute Gasteiger partial charge is 0.0622 e. The molecule has 6 heteroatoms. The SMILES string of the molecule is [Cl-].[Cl-].[Cl][Pd+2][Cl].c1ccc(P(c2ccccc2)c2ccccc2)cc1. The van der Waals surface area contributed by atoms with Crippen LogP contribution in [-0.4, -0.2) is 0 Å². The maximum Gasteiger partial charge on any atom is -0.0134 e. The Kier molecular flexibility index (Phi) is 14.1. The fraction of sp³-hybridized carbons (Fsp3) is 0. The Bertz CT molecular complexity index is 560. The molecule has 0 atom stereocenters. The fourth-order valence-corrected chi connectivity index (χ4v) is 4.48. The van der Waals surface area contributed by atoms with E-state index in [2.05, 4.69) is 91.0 Å². The van der Waals surface area contributed by atoms with Crippen molar-refractivity contribution in [1.82, 2.24) is 0 Å². The molecule has 130 valence electrons. The summed E-state index contributed by atoms with van der Waals surface area (Å²) in [5.74, 6) is 0. The Morgan fingerprint density at radius 1 is 0.500 bits per heavy atom. The fourth-order valence-electron chi connectivity index (χ4n) is 2.18. The van der Waals surface area contributed by atoms with Gasteiger partial charge in [0.1, 0.15) is 0 Å². The second kappa shape index (κ2) is 14.1. The van der Waals surface area contributed by atoms with Crippen LogP contribution in [-0.2, 0) is 15.9 Å². The van der Waals surface area contributed by atoms with Crippen molar-refractivity contribution in [2.24, 2.45) is 0 Å². The molecule has 3 rings (SSSR count). The van der Waals surface area contributed by atoms with E-state index in [1.807, 2.05) is 0 Å². The van der Waals surface area contributed by atoms with E-state index in [9.17, 15) is 0 Å². The van der Waals surface area contributed by atoms with Crippen molar-refractivity contribution in [3.63, 3.8) is 0 Å². The Labute approximate surface area is 173 Å². The monoisotopic (exact) mass is 508 g/mol. The van der Waals surface area contributed by atoms with Crippen LogP contribution in [0.25, 0.3) is 0 Å². The van der Waals surface area contributed by atoms with E-state index in [1.165, 1.54) is 15.9 Å². The van der Waals surface area contributed by atoms with Gasteiger partial charge in [0.05, 0.1) is 0 Å². The van der Waals surface area contributed by atoms with Gasteiger partial charge in [0.2, 0.25) is 0 Å². The normalized spacial score (nSPS) is 9.29. The van der Waals surface area contributed by atoms with Gasteiger partial charge in [0.25, 0.3) is 0 Å². The summed E-state index contributed by atoms with van der Waals surface area (Å²) in [6, 6.07) is 32.3. The number of halogens is 4. The molecule has 0 saturated heterocycles. The van der Waals surface area contributed by atoms with Gasteiger partial charge in [-0.05, 0) is 23.8 Å². The Hall–Kier alpha value is -0.0877. The van der Waals surface area contributed by atoms with Crippen LogP contribution in [0.1, 0.15) is 0 Å². The van der Waals surface area contributed by atoms with E-state index in [0.29, 0.717) is 0 Å². The van der Waals surface area contributed by atoms with Gasteiger partial charge in [-0.1, -0.05) is 91.0 Å². The smallest absolute Gasteiger partial charge is 0.0134 e. The van der Waals surface area contributed by atoms with Gasteiger partial charge in [0.15, 0.2) is 0 Å². The topological polar surface area (TPSA) is 0 Å². The Balaban J connectivity index is 0.000000988. The summed E-state index contributed by atoms with van der Waals surface area (Å²) in [5, 5.41) is 4.19. The van der Waals surface area contributed by atoms with E-state index in [-0.39, 0.29) is 40.8 Å². The second-order valence-corrected chi connectivity index (χ2v) is 8.97. The van der Waals surface area contributed by atoms with Crippen LogP contribution in [0.5, 0.6) is 0 Å². The molecule has 0 aliphatic heterocycles. The third-order valence-electron chi connectivity index (χ3n) is 3.04. The van der Waals surface area contributed by atoms with Crippen molar-refractivity contribution < 1.29 is 40.8 Å². The van der Waals surface area contributed by atoms with Gasteiger partial charge in [-0.15, -0.1) is 0 Å². The molecule has 0 unspecified atom stereocenters. The minimum Gasteiger partial charge on any atom is -0.0622 e. The Morgan fingerprint density at radius 2 is 0.708 bits per heavy atom. The zero-order valence-electron chi connectivity index (χ0n) is 12.4. The molecule has 3 aromatic carbocycles. The number of hydrogen-bond donors (Lipinski definition) is 0. The molecule has 3 aromatic rings. The first-order valence-corrected chi connectivity index (χ1v) is 12.0. The zero-order valence-corrected chi connectivity index (χ0v) is 17.9. The number of benzene rings is 3. The maximum absolute atomic E-state index is 4.81. The summed E-state index contributed by atoms with van der Waals surface area (Å²) in [6.45, 7) is 0. The Morgan fingerprint density at radius 3 is 0.917 bits per heavy atom. The molecule has 24 heavy (non-hydrogen) atoms. The number of rotatable bonds is 3. The summed E-state index contributed by atoms with van der Waals surface area (Å²) in [7, 11) is 9.18. The standard InChI is InChI=1S/C18H15P.4ClH.Pd/c1-4-10-16(11-5-1)19(17-12-6-2-7-13-17)18-14-8-3-9-15-18;;;;;/h1-15H;4*1H;/q;;;;;+4/p-4. The average Bonchev–Trinajstić information content (AvgIpc) is 2.59. The minimum absolute atomic E-state index is 0. The quantitative estimate of drug-likeness (QED) is 0.308. The third kappa shape index (κ3) is 7.43. The molecule has 0 radical (unpaired) electrons. The van der Waals surface area contributed by atoms with Crippen LogP contribution in [0, 0.1) is 0 Å². The molecule has 0 aromatic heterocycles. The van der Waals surface area contributed by atoms with Crippen molar-refractivity contribution in [3.8, 4) is 0 Å². The van der Waals surface area contributed by atoms with Crippen molar-refractivity contribution in [1.29, 1.82) is 0 Å². The van der Waals surface area contributed by atoms with Gasteiger partial charge in [-0.25, -0.2) is 0 Å². The predicted octanol–water partition coefficient (Wildman–Crippen LogP) is -1.17. The summed E-state index contributed by atoms with van der Waals surface area (Å²) in [4.78, 5) is 0. The molecule has 0 spiro atoms. The summed E-state index contributed by atoms with van der Waals surface area (Å²) >= 11 is -0.106. The van der Waals surface area contributed by atoms with Gasteiger partial charge in [-0.3, -0.25) is 0 Å². The molecule has 0 fully saturated rings. The predicted molar refractivity (Wildman–Crippen MR) is 96.9 cm³/mol. The number of hydrogen-bond acceptors (Lipinski definition) is 0. The first-order chi connectivity index (χ1) is 10.9. The summed E-state index contributed by atoms with van der Waals surface area (Å²) < 4.78 is 0. The molecule has 0 bridgehead atoms. The van der Waals surface area contributed by atoms with Gasteiger partial charge < -0.3 is 24.8 Å². The van der Waals surface area contributed by atoms with Crippen molar-refractivity contribution >= 4 is 42.9 Å². The zero-order chi connectivity index (χ0) is 15.6. The van der Waals surface area contributed by atoms with Crippen LogP contribution < -0.4 is 40.7 Å². The minimum atomic E-state index is -0.446. The van der Waals surface area contributed by atoms with Gasteiger partial charge in [0, 0.05) is 0 Å². The first kappa shape index (κ1) is 23.9.